The Morgan fingerprint density at radius 3 is 2.59 bits per heavy atom. The third-order valence-electron chi connectivity index (χ3n) is 2.25. The van der Waals surface area contributed by atoms with Crippen LogP contribution in [0.25, 0.3) is 0 Å². The van der Waals surface area contributed by atoms with Gasteiger partial charge in [0.2, 0.25) is 0 Å². The number of ether oxygens (including phenoxy) is 1. The average molecular weight is 234 g/mol. The van der Waals surface area contributed by atoms with E-state index < -0.39 is 0 Å². The van der Waals surface area contributed by atoms with E-state index in [4.69, 9.17) is 4.74 Å². The molecule has 1 aliphatic rings. The maximum Gasteiger partial charge on any atom is 0.313 e. The summed E-state index contributed by atoms with van der Waals surface area (Å²) in [5.41, 5.74) is 0.767. The van der Waals surface area contributed by atoms with E-state index in [1.165, 1.54) is 6.42 Å². The molecule has 3 heteroatoms. The second-order valence-electron chi connectivity index (χ2n) is 3.78. The first-order valence-electron chi connectivity index (χ1n) is 5.75. The highest BCUT2D eigenvalue weighted by Crippen LogP contribution is 2.20. The summed E-state index contributed by atoms with van der Waals surface area (Å²) in [4.78, 5) is 11.4. The van der Waals surface area contributed by atoms with Gasteiger partial charge in [-0.2, -0.15) is 0 Å². The van der Waals surface area contributed by atoms with Gasteiger partial charge in [-0.1, -0.05) is 24.3 Å². The van der Waals surface area contributed by atoms with E-state index in [1.54, 1.807) is 38.1 Å². The molecule has 0 radical (unpaired) electrons. The third kappa shape index (κ3) is 5.20. The third-order valence-corrected chi connectivity index (χ3v) is 2.25. The lowest BCUT2D eigenvalue weighted by Gasteiger charge is -2.10. The molecule has 3 nitrogen and oxygen atoms in total. The lowest BCUT2D eigenvalue weighted by atomic mass is 10.0. The number of rotatable bonds is 3. The number of carbonyl (C=O) groups excluding carboxylic acids is 1. The van der Waals surface area contributed by atoms with Gasteiger partial charge in [0.05, 0.1) is 12.5 Å². The Kier molecular flexibility index (Phi) is 5.27. The normalized spacial score (nSPS) is 13.3. The minimum atomic E-state index is -0.331. The molecule has 0 fully saturated rings. The summed E-state index contributed by atoms with van der Waals surface area (Å²) in [6.45, 7) is 3.90. The number of phenolic OH excluding ortho intramolecular Hbond substituents is 1. The molecule has 0 bridgehead atoms. The van der Waals surface area contributed by atoms with E-state index in [2.05, 4.69) is 12.2 Å². The second kappa shape index (κ2) is 6.74. The molecule has 1 aromatic rings. The molecule has 0 aromatic heterocycles. The minimum Gasteiger partial charge on any atom is -0.508 e. The van der Waals surface area contributed by atoms with Gasteiger partial charge in [-0.3, -0.25) is 4.79 Å². The molecule has 1 aromatic carbocycles. The van der Waals surface area contributed by atoms with E-state index in [0.717, 1.165) is 5.56 Å². The van der Waals surface area contributed by atoms with Crippen LogP contribution in [0.1, 0.15) is 31.7 Å². The lowest BCUT2D eigenvalue weighted by Crippen LogP contribution is -2.12. The molecule has 0 saturated carbocycles. The van der Waals surface area contributed by atoms with Gasteiger partial charge < -0.3 is 9.84 Å². The largest absolute Gasteiger partial charge is 0.508 e. The molecule has 1 N–H and O–H groups in total. The highest BCUT2D eigenvalue weighted by atomic mass is 16.5. The zero-order valence-corrected chi connectivity index (χ0v) is 10.2. The summed E-state index contributed by atoms with van der Waals surface area (Å²) in [5.74, 6) is -0.432. The van der Waals surface area contributed by atoms with Crippen LogP contribution in [0.15, 0.2) is 36.4 Å². The Balaban J connectivity index is 0.000000415. The van der Waals surface area contributed by atoms with Gasteiger partial charge in [-0.15, -0.1) is 0 Å². The maximum atomic E-state index is 11.4. The van der Waals surface area contributed by atoms with Gasteiger partial charge in [0, 0.05) is 0 Å². The van der Waals surface area contributed by atoms with Crippen LogP contribution in [0.2, 0.25) is 0 Å². The Bertz CT molecular complexity index is 392. The van der Waals surface area contributed by atoms with Crippen molar-refractivity contribution in [2.75, 3.05) is 6.61 Å². The van der Waals surface area contributed by atoms with Crippen LogP contribution in [0, 0.1) is 0 Å². The monoisotopic (exact) mass is 234 g/mol. The maximum absolute atomic E-state index is 11.4. The average Bonchev–Trinajstić information content (AvgIpc) is 3.16. The van der Waals surface area contributed by atoms with Crippen molar-refractivity contribution in [3.8, 4) is 5.75 Å². The lowest BCUT2D eigenvalue weighted by molar-refractivity contribution is -0.144. The van der Waals surface area contributed by atoms with Crippen molar-refractivity contribution in [1.82, 2.24) is 0 Å². The van der Waals surface area contributed by atoms with Crippen LogP contribution in [0.4, 0.5) is 0 Å². The van der Waals surface area contributed by atoms with Crippen molar-refractivity contribution in [1.29, 1.82) is 0 Å². The summed E-state index contributed by atoms with van der Waals surface area (Å²) in [5, 5.41) is 9.22. The predicted octanol–water partition coefficient (Wildman–Crippen LogP) is 3.01. The quantitative estimate of drug-likeness (QED) is 0.646. The van der Waals surface area contributed by atoms with Gasteiger partial charge in [0.25, 0.3) is 0 Å². The first-order valence-corrected chi connectivity index (χ1v) is 5.75. The highest BCUT2D eigenvalue weighted by Gasteiger charge is 2.16. The number of phenols is 1. The molecule has 1 aliphatic carbocycles. The van der Waals surface area contributed by atoms with Crippen LogP contribution in [0.3, 0.4) is 0 Å². The molecule has 92 valence electrons. The summed E-state index contributed by atoms with van der Waals surface area (Å²) in [7, 11) is 0. The summed E-state index contributed by atoms with van der Waals surface area (Å²) in [6, 6.07) is 6.64. The minimum absolute atomic E-state index is 0.165. The van der Waals surface area contributed by atoms with Crippen LogP contribution in [-0.4, -0.2) is 17.7 Å². The molecule has 0 amide bonds. The van der Waals surface area contributed by atoms with Crippen LogP contribution >= 0.6 is 0 Å². The van der Waals surface area contributed by atoms with Crippen molar-refractivity contribution in [3.63, 3.8) is 0 Å². The molecule has 17 heavy (non-hydrogen) atoms. The number of benzene rings is 1. The first kappa shape index (κ1) is 13.3. The smallest absolute Gasteiger partial charge is 0.313 e. The zero-order valence-electron chi connectivity index (χ0n) is 10.2. The number of carbonyl (C=O) groups is 1. The number of allylic oxidation sites excluding steroid dienone is 2. The van der Waals surface area contributed by atoms with Gasteiger partial charge in [0.1, 0.15) is 5.75 Å². The molecule has 0 heterocycles. The van der Waals surface area contributed by atoms with Crippen LogP contribution in [0.5, 0.6) is 5.75 Å². The van der Waals surface area contributed by atoms with Crippen molar-refractivity contribution in [2.45, 2.75) is 26.2 Å². The predicted molar refractivity (Wildman–Crippen MR) is 66.9 cm³/mol. The second-order valence-corrected chi connectivity index (χ2v) is 3.78. The van der Waals surface area contributed by atoms with Crippen molar-refractivity contribution < 1.29 is 14.6 Å². The van der Waals surface area contributed by atoms with Gasteiger partial charge in [0.15, 0.2) is 0 Å². The molecule has 0 aliphatic heterocycles. The van der Waals surface area contributed by atoms with Crippen molar-refractivity contribution >= 4 is 5.97 Å². The van der Waals surface area contributed by atoms with E-state index >= 15 is 0 Å². The molecular weight excluding hydrogens is 216 g/mol. The van der Waals surface area contributed by atoms with Crippen LogP contribution < -0.4 is 0 Å². The number of esters is 1. The summed E-state index contributed by atoms with van der Waals surface area (Å²) in [6.07, 6.45) is 5.50. The summed E-state index contributed by atoms with van der Waals surface area (Å²) < 4.78 is 4.88. The Labute approximate surface area is 102 Å². The Morgan fingerprint density at radius 1 is 1.47 bits per heavy atom. The van der Waals surface area contributed by atoms with Crippen LogP contribution in [-0.2, 0) is 9.53 Å². The molecule has 2 rings (SSSR count). The number of hydrogen-bond donors (Lipinski definition) is 1. The van der Waals surface area contributed by atoms with Crippen molar-refractivity contribution in [3.05, 3.63) is 42.0 Å². The van der Waals surface area contributed by atoms with Crippen molar-refractivity contribution in [2.24, 2.45) is 0 Å². The Hall–Kier alpha value is -1.77. The molecule has 0 saturated heterocycles. The highest BCUT2D eigenvalue weighted by molar-refractivity contribution is 5.77. The van der Waals surface area contributed by atoms with Gasteiger partial charge in [-0.05, 0) is 38.0 Å². The van der Waals surface area contributed by atoms with E-state index in [-0.39, 0.29) is 17.6 Å². The van der Waals surface area contributed by atoms with E-state index in [0.29, 0.717) is 6.61 Å². The Morgan fingerprint density at radius 2 is 2.12 bits per heavy atom. The standard InChI is InChI=1S/C11H14O3.C3H4/c1-3-14-11(13)8(2)9-5-4-6-10(12)7-9;1-2-3-1/h4-8,12H,3H2,1-2H3;1-2H,3H2. The fourth-order valence-corrected chi connectivity index (χ4v) is 1.20. The fourth-order valence-electron chi connectivity index (χ4n) is 1.20. The SMILES string of the molecule is C1=CC1.CCOC(=O)C(C)c1cccc(O)c1. The number of aromatic hydroxyl groups is 1. The number of hydrogen-bond acceptors (Lipinski definition) is 3. The molecular formula is C14H18O3. The van der Waals surface area contributed by atoms with Gasteiger partial charge >= 0.3 is 5.97 Å². The fraction of sp³-hybridized carbons (Fsp3) is 0.357. The van der Waals surface area contributed by atoms with Gasteiger partial charge in [-0.25, -0.2) is 0 Å². The molecule has 1 atom stereocenters. The first-order chi connectivity index (χ1) is 8.15. The molecule has 0 spiro atoms. The summed E-state index contributed by atoms with van der Waals surface area (Å²) >= 11 is 0. The molecule has 1 unspecified atom stereocenters. The van der Waals surface area contributed by atoms with E-state index in [9.17, 15) is 9.90 Å². The topological polar surface area (TPSA) is 46.5 Å². The zero-order chi connectivity index (χ0) is 12.7. The van der Waals surface area contributed by atoms with E-state index in [1.807, 2.05) is 0 Å².